The first-order chi connectivity index (χ1) is 26.2. The highest BCUT2D eigenvalue weighted by atomic mass is 16.5. The summed E-state index contributed by atoms with van der Waals surface area (Å²) in [5.74, 6) is -0.854. The predicted molar refractivity (Wildman–Crippen MR) is 225 cm³/mol. The van der Waals surface area contributed by atoms with Crippen molar-refractivity contribution in [2.24, 2.45) is 0 Å². The number of esters is 2. The molecular weight excluding hydrogens is 665 g/mol. The minimum Gasteiger partial charge on any atom is -0.465 e. The number of ether oxygens (including phenoxy) is 2. The van der Waals surface area contributed by atoms with Crippen LogP contribution in [0.2, 0.25) is 0 Å². The summed E-state index contributed by atoms with van der Waals surface area (Å²) in [6, 6.07) is 0. The Bertz CT molecular complexity index is 1730. The summed E-state index contributed by atoms with van der Waals surface area (Å²) in [5, 5.41) is 0. The van der Waals surface area contributed by atoms with E-state index in [2.05, 4.69) is 55.4 Å². The number of hydrogen-bond donors (Lipinski definition) is 0. The average Bonchev–Trinajstić information content (AvgIpc) is 3.17. The molecule has 0 unspecified atom stereocenters. The van der Waals surface area contributed by atoms with Crippen molar-refractivity contribution >= 4 is 11.9 Å². The van der Waals surface area contributed by atoms with Crippen LogP contribution in [0.5, 0.6) is 0 Å². The molecule has 2 aliphatic rings. The molecule has 3 aromatic rings. The third-order valence-electron chi connectivity index (χ3n) is 12.5. The van der Waals surface area contributed by atoms with Crippen LogP contribution >= 0.6 is 0 Å². The van der Waals surface area contributed by atoms with E-state index in [4.69, 9.17) is 9.47 Å². The van der Waals surface area contributed by atoms with Crippen LogP contribution < -0.4 is 0 Å². The molecule has 0 bridgehead atoms. The Kier molecular flexibility index (Phi) is 14.7. The van der Waals surface area contributed by atoms with Crippen LogP contribution in [0, 0.1) is 0 Å². The van der Waals surface area contributed by atoms with Crippen molar-refractivity contribution in [2.45, 2.75) is 184 Å². The minimum absolute atomic E-state index is 0.427. The number of methoxy groups -OCH3 is 2. The molecule has 0 heterocycles. The van der Waals surface area contributed by atoms with E-state index >= 15 is 0 Å². The lowest BCUT2D eigenvalue weighted by molar-refractivity contribution is 0.0552. The normalized spacial score (nSPS) is 12.9. The van der Waals surface area contributed by atoms with Gasteiger partial charge in [0.2, 0.25) is 0 Å². The fourth-order valence-corrected chi connectivity index (χ4v) is 10.6. The Morgan fingerprint density at radius 2 is 0.537 bits per heavy atom. The second kappa shape index (κ2) is 19.0. The Balaban J connectivity index is 1.89. The minimum atomic E-state index is -0.427. The molecule has 54 heavy (non-hydrogen) atoms. The maximum atomic E-state index is 13.7. The molecule has 0 radical (unpaired) electrons. The largest absolute Gasteiger partial charge is 0.465 e. The summed E-state index contributed by atoms with van der Waals surface area (Å²) in [6.45, 7) is 18.5. The van der Waals surface area contributed by atoms with E-state index in [0.717, 1.165) is 88.2 Å². The van der Waals surface area contributed by atoms with Crippen LogP contribution in [0.3, 0.4) is 0 Å². The third-order valence-corrected chi connectivity index (χ3v) is 12.5. The number of carbonyl (C=O) groups excluding carboxylic acids is 2. The summed E-state index contributed by atoms with van der Waals surface area (Å²) < 4.78 is 10.9. The average molecular weight is 735 g/mol. The number of benzene rings is 3. The van der Waals surface area contributed by atoms with Crippen molar-refractivity contribution in [1.82, 2.24) is 0 Å². The van der Waals surface area contributed by atoms with E-state index in [1.165, 1.54) is 87.8 Å². The maximum absolute atomic E-state index is 13.7. The number of fused-ring (bicyclic) bond motifs is 4. The van der Waals surface area contributed by atoms with E-state index in [0.29, 0.717) is 11.1 Å². The lowest BCUT2D eigenvalue weighted by Gasteiger charge is -2.37. The van der Waals surface area contributed by atoms with Crippen molar-refractivity contribution in [3.63, 3.8) is 0 Å². The molecule has 3 aromatic carbocycles. The maximum Gasteiger partial charge on any atom is 0.339 e. The molecule has 0 atom stereocenters. The highest BCUT2D eigenvalue weighted by molar-refractivity contribution is 6.06. The zero-order chi connectivity index (χ0) is 39.1. The van der Waals surface area contributed by atoms with Gasteiger partial charge in [-0.15, -0.1) is 0 Å². The Morgan fingerprint density at radius 1 is 0.333 bits per heavy atom. The highest BCUT2D eigenvalue weighted by Gasteiger charge is 2.37. The first-order valence-corrected chi connectivity index (χ1v) is 21.9. The lowest BCUT2D eigenvalue weighted by Crippen LogP contribution is -2.27. The zero-order valence-electron chi connectivity index (χ0n) is 35.8. The third kappa shape index (κ3) is 7.57. The molecule has 0 saturated carbocycles. The summed E-state index contributed by atoms with van der Waals surface area (Å²) in [6.07, 6.45) is 20.7. The molecule has 294 valence electrons. The fraction of sp³-hybridized carbons (Fsp3) is 0.600. The van der Waals surface area contributed by atoms with Crippen molar-refractivity contribution in [3.05, 3.63) is 100 Å². The molecular formula is C50H70O4. The van der Waals surface area contributed by atoms with Crippen LogP contribution in [0.25, 0.3) is 0 Å². The molecule has 0 N–H and O–H groups in total. The smallest absolute Gasteiger partial charge is 0.339 e. The summed E-state index contributed by atoms with van der Waals surface area (Å²) in [4.78, 5) is 27.4. The van der Waals surface area contributed by atoms with E-state index in [9.17, 15) is 9.59 Å². The second-order valence-corrected chi connectivity index (χ2v) is 16.1. The molecule has 0 spiro atoms. The van der Waals surface area contributed by atoms with E-state index < -0.39 is 11.9 Å². The van der Waals surface area contributed by atoms with Crippen LogP contribution in [0.1, 0.15) is 216 Å². The van der Waals surface area contributed by atoms with Crippen molar-refractivity contribution in [1.29, 1.82) is 0 Å². The SMILES string of the molecule is CCCc1c(CCC)c(CCC)c2c(c1CCC)Cc1c(CCC)c3c(c(CCC)c1C2)Cc1c(c(CCC)c(C(=O)OC)c(C(=O)OC)c1CCC)C3. The molecule has 0 fully saturated rings. The van der Waals surface area contributed by atoms with Gasteiger partial charge >= 0.3 is 11.9 Å². The van der Waals surface area contributed by atoms with Gasteiger partial charge in [0.15, 0.2) is 0 Å². The van der Waals surface area contributed by atoms with Crippen LogP contribution in [0.15, 0.2) is 0 Å². The van der Waals surface area contributed by atoms with E-state index in [1.807, 2.05) is 0 Å². The molecule has 2 aliphatic carbocycles. The topological polar surface area (TPSA) is 52.6 Å². The Labute approximate surface area is 328 Å². The van der Waals surface area contributed by atoms with Gasteiger partial charge in [-0.1, -0.05) is 107 Å². The monoisotopic (exact) mass is 735 g/mol. The van der Waals surface area contributed by atoms with Crippen molar-refractivity contribution < 1.29 is 19.1 Å². The van der Waals surface area contributed by atoms with Gasteiger partial charge in [-0.2, -0.15) is 0 Å². The second-order valence-electron chi connectivity index (χ2n) is 16.1. The first kappa shape index (κ1) is 41.8. The molecule has 0 aromatic heterocycles. The number of hydrogen-bond acceptors (Lipinski definition) is 4. The zero-order valence-corrected chi connectivity index (χ0v) is 35.8. The van der Waals surface area contributed by atoms with Gasteiger partial charge in [-0.25, -0.2) is 9.59 Å². The predicted octanol–water partition coefficient (Wildman–Crippen LogP) is 11.9. The van der Waals surface area contributed by atoms with Gasteiger partial charge in [0.05, 0.1) is 25.3 Å². The summed E-state index contributed by atoms with van der Waals surface area (Å²) >= 11 is 0. The van der Waals surface area contributed by atoms with E-state index in [1.54, 1.807) is 55.6 Å². The fourth-order valence-electron chi connectivity index (χ4n) is 10.6. The van der Waals surface area contributed by atoms with Crippen LogP contribution in [-0.4, -0.2) is 26.2 Å². The number of carbonyl (C=O) groups is 2. The van der Waals surface area contributed by atoms with Gasteiger partial charge in [-0.05, 0) is 166 Å². The number of rotatable bonds is 18. The highest BCUT2D eigenvalue weighted by Crippen LogP contribution is 2.47. The van der Waals surface area contributed by atoms with Crippen molar-refractivity contribution in [3.8, 4) is 0 Å². The van der Waals surface area contributed by atoms with Gasteiger partial charge in [0, 0.05) is 0 Å². The van der Waals surface area contributed by atoms with Crippen LogP contribution in [0.4, 0.5) is 0 Å². The molecule has 4 heteroatoms. The van der Waals surface area contributed by atoms with Crippen molar-refractivity contribution in [2.75, 3.05) is 14.2 Å². The Hall–Kier alpha value is -3.40. The Morgan fingerprint density at radius 3 is 0.796 bits per heavy atom. The molecule has 0 saturated heterocycles. The lowest BCUT2D eigenvalue weighted by atomic mass is 9.67. The molecule has 0 aliphatic heterocycles. The van der Waals surface area contributed by atoms with Gasteiger partial charge in [-0.3, -0.25) is 0 Å². The summed E-state index contributed by atoms with van der Waals surface area (Å²) in [5.41, 5.74) is 24.9. The first-order valence-electron chi connectivity index (χ1n) is 21.9. The molecule has 0 amide bonds. The summed E-state index contributed by atoms with van der Waals surface area (Å²) in [7, 11) is 2.87. The molecule has 5 rings (SSSR count). The van der Waals surface area contributed by atoms with Gasteiger partial charge in [0.1, 0.15) is 0 Å². The van der Waals surface area contributed by atoms with Crippen LogP contribution in [-0.2, 0) is 86.5 Å². The van der Waals surface area contributed by atoms with Gasteiger partial charge < -0.3 is 9.47 Å². The standard InChI is InChI=1S/C50H70O4/c1-11-19-31-32(20-12-2)34(22-14-4)40-28-42-36(24-16-6)44-30-46-38(26-18-8)48(50(52)54-10)47(49(51)53-9)37(25-17-7)45(46)29-43(44)35(23-15-5)41(42)27-39(40)33(31)21-13-3/h11-30H2,1-10H3. The van der Waals surface area contributed by atoms with E-state index in [-0.39, 0.29) is 0 Å². The quantitative estimate of drug-likeness (QED) is 0.0841. The molecule has 4 nitrogen and oxygen atoms in total. The van der Waals surface area contributed by atoms with Gasteiger partial charge in [0.25, 0.3) is 0 Å².